The summed E-state index contributed by atoms with van der Waals surface area (Å²) >= 11 is 1.25. The molecule has 3 aliphatic heterocycles. The average Bonchev–Trinajstić information content (AvgIpc) is 3.73. The van der Waals surface area contributed by atoms with Crippen LogP contribution in [-0.4, -0.2) is 84.0 Å². The van der Waals surface area contributed by atoms with Crippen molar-refractivity contribution in [2.75, 3.05) is 24.6 Å². The number of carbonyl (C=O) groups excluding carboxylic acids is 5. The lowest BCUT2D eigenvalue weighted by Gasteiger charge is -2.33. The van der Waals surface area contributed by atoms with Gasteiger partial charge in [-0.15, -0.1) is 11.8 Å². The molecule has 3 aromatic carbocycles. The van der Waals surface area contributed by atoms with E-state index < -0.39 is 35.5 Å². The normalized spacial score (nSPS) is 18.2. The van der Waals surface area contributed by atoms with E-state index in [1.165, 1.54) is 24.2 Å². The zero-order chi connectivity index (χ0) is 40.3. The first kappa shape index (κ1) is 38.7. The molecule has 16 heteroatoms. The highest BCUT2D eigenvalue weighted by Gasteiger charge is 2.45. The van der Waals surface area contributed by atoms with Gasteiger partial charge in [0.05, 0.1) is 22.6 Å². The molecule has 3 N–H and O–H groups in total. The van der Waals surface area contributed by atoms with E-state index in [1.807, 2.05) is 64.2 Å². The van der Waals surface area contributed by atoms with Crippen molar-refractivity contribution in [2.45, 2.75) is 74.8 Å². The lowest BCUT2D eigenvalue weighted by atomic mass is 10.0. The van der Waals surface area contributed by atoms with E-state index >= 15 is 4.39 Å². The second-order valence-electron chi connectivity index (χ2n) is 14.6. The lowest BCUT2D eigenvalue weighted by Crippen LogP contribution is -2.54. The molecule has 58 heavy (non-hydrogen) atoms. The van der Waals surface area contributed by atoms with Crippen LogP contribution in [0.25, 0.3) is 22.3 Å². The molecule has 5 amide bonds. The minimum absolute atomic E-state index is 0.00719. The van der Waals surface area contributed by atoms with Crippen LogP contribution in [-0.2, 0) is 14.4 Å². The maximum Gasteiger partial charge on any atom is 0.262 e. The topological polar surface area (TPSA) is 183 Å². The summed E-state index contributed by atoms with van der Waals surface area (Å²) in [7, 11) is 0. The number of thioether (sulfide) groups is 1. The van der Waals surface area contributed by atoms with Gasteiger partial charge in [-0.05, 0) is 86.4 Å². The molecule has 14 nitrogen and oxygen atoms in total. The Balaban J connectivity index is 0.822. The number of nitrogens with zero attached hydrogens (tertiary/aromatic N) is 6. The van der Waals surface area contributed by atoms with Crippen molar-refractivity contribution in [1.29, 1.82) is 0 Å². The number of amides is 5. The second kappa shape index (κ2) is 16.7. The predicted molar refractivity (Wildman–Crippen MR) is 213 cm³/mol. The average molecular weight is 805 g/mol. The van der Waals surface area contributed by atoms with Crippen molar-refractivity contribution in [1.82, 2.24) is 34.9 Å². The van der Waals surface area contributed by atoms with E-state index in [4.69, 9.17) is 15.6 Å². The number of para-hydroxylation sites is 1. The molecule has 298 valence electrons. The number of rotatable bonds is 13. The number of carbonyl (C=O) groups is 5. The summed E-state index contributed by atoms with van der Waals surface area (Å²) in [5.41, 5.74) is 8.49. The summed E-state index contributed by atoms with van der Waals surface area (Å²) in [6.07, 6.45) is 6.68. The first-order valence-electron chi connectivity index (χ1n) is 19.4. The molecule has 5 heterocycles. The zero-order valence-corrected chi connectivity index (χ0v) is 32.4. The van der Waals surface area contributed by atoms with Gasteiger partial charge in [0.2, 0.25) is 17.7 Å². The highest BCUT2D eigenvalue weighted by molar-refractivity contribution is 7.99. The molecular weight excluding hydrogens is 764 g/mol. The molecule has 2 saturated heterocycles. The van der Waals surface area contributed by atoms with E-state index in [2.05, 4.69) is 15.3 Å². The maximum atomic E-state index is 15.0. The zero-order valence-electron chi connectivity index (χ0n) is 31.6. The van der Waals surface area contributed by atoms with Gasteiger partial charge in [-0.25, -0.2) is 19.0 Å². The number of fused-ring (bicyclic) bond motifs is 2. The predicted octanol–water partition coefficient (Wildman–Crippen LogP) is 6.31. The summed E-state index contributed by atoms with van der Waals surface area (Å²) in [6.45, 7) is 1.18. The van der Waals surface area contributed by atoms with Gasteiger partial charge in [0, 0.05) is 36.4 Å². The number of ether oxygens (including phenoxy) is 1. The number of benzene rings is 3. The number of halogens is 1. The van der Waals surface area contributed by atoms with Gasteiger partial charge in [-0.2, -0.15) is 5.10 Å². The van der Waals surface area contributed by atoms with Crippen molar-refractivity contribution in [3.63, 3.8) is 0 Å². The fourth-order valence-electron chi connectivity index (χ4n) is 7.79. The van der Waals surface area contributed by atoms with Crippen molar-refractivity contribution in [2.24, 2.45) is 0 Å². The number of piperidine rings is 2. The van der Waals surface area contributed by atoms with Gasteiger partial charge in [0.1, 0.15) is 41.2 Å². The summed E-state index contributed by atoms with van der Waals surface area (Å²) in [5, 5.41) is 7.83. The Labute approximate surface area is 337 Å². The smallest absolute Gasteiger partial charge is 0.262 e. The largest absolute Gasteiger partial charge is 0.457 e. The third-order valence-corrected chi connectivity index (χ3v) is 11.9. The monoisotopic (exact) mass is 804 g/mol. The summed E-state index contributed by atoms with van der Waals surface area (Å²) in [5.74, 6) is -0.764. The SMILES string of the molecule is Nc1ncnc2c1c(-c1ccc(Oc3ccccc3)cc1)nn2[C@@H]1CCCN(C(=O)CCCCCCSc2cc3c(cc2F)C(=O)N(C2CCC(=O)NC2=O)C3=O)C1. The van der Waals surface area contributed by atoms with Crippen LogP contribution in [0.15, 0.2) is 78.0 Å². The molecule has 3 aliphatic rings. The molecule has 0 aliphatic carbocycles. The Kier molecular flexibility index (Phi) is 11.2. The lowest BCUT2D eigenvalue weighted by molar-refractivity contribution is -0.136. The van der Waals surface area contributed by atoms with Crippen LogP contribution in [0.2, 0.25) is 0 Å². The van der Waals surface area contributed by atoms with Crippen LogP contribution in [0.3, 0.4) is 0 Å². The summed E-state index contributed by atoms with van der Waals surface area (Å²) in [6, 6.07) is 18.4. The van der Waals surface area contributed by atoms with Crippen LogP contribution in [0.1, 0.15) is 84.5 Å². The molecule has 2 aromatic heterocycles. The number of hydrogen-bond donors (Lipinski definition) is 2. The number of unbranched alkanes of at least 4 members (excludes halogenated alkanes) is 3. The Bertz CT molecular complexity index is 2410. The Hall–Kier alpha value is -6.16. The van der Waals surface area contributed by atoms with Gasteiger partial charge in [-0.1, -0.05) is 31.0 Å². The molecule has 0 radical (unpaired) electrons. The first-order valence-corrected chi connectivity index (χ1v) is 20.4. The summed E-state index contributed by atoms with van der Waals surface area (Å²) in [4.78, 5) is 75.2. The molecule has 2 atom stereocenters. The van der Waals surface area contributed by atoms with Crippen molar-refractivity contribution in [3.05, 3.63) is 90.0 Å². The van der Waals surface area contributed by atoms with Crippen LogP contribution in [0, 0.1) is 5.82 Å². The van der Waals surface area contributed by atoms with Crippen LogP contribution in [0.4, 0.5) is 10.2 Å². The van der Waals surface area contributed by atoms with Crippen molar-refractivity contribution < 1.29 is 33.1 Å². The molecule has 2 fully saturated rings. The van der Waals surface area contributed by atoms with E-state index in [-0.39, 0.29) is 40.8 Å². The number of likely N-dealkylation sites (tertiary alicyclic amines) is 1. The van der Waals surface area contributed by atoms with Gasteiger partial charge >= 0.3 is 0 Å². The third kappa shape index (κ3) is 7.88. The van der Waals surface area contributed by atoms with E-state index in [0.29, 0.717) is 60.0 Å². The minimum Gasteiger partial charge on any atom is -0.457 e. The second-order valence-corrected chi connectivity index (χ2v) is 15.8. The van der Waals surface area contributed by atoms with Crippen LogP contribution in [0.5, 0.6) is 11.5 Å². The molecule has 8 rings (SSSR count). The molecule has 0 bridgehead atoms. The van der Waals surface area contributed by atoms with E-state index in [1.54, 1.807) is 0 Å². The Morgan fingerprint density at radius 3 is 2.43 bits per heavy atom. The van der Waals surface area contributed by atoms with Gasteiger partial charge in [0.15, 0.2) is 5.65 Å². The molecule has 0 saturated carbocycles. The molecule has 0 spiro atoms. The number of nitrogens with one attached hydrogen (secondary N) is 1. The van der Waals surface area contributed by atoms with Crippen molar-refractivity contribution in [3.8, 4) is 22.8 Å². The number of hydrogen-bond acceptors (Lipinski definition) is 11. The van der Waals surface area contributed by atoms with Crippen LogP contribution < -0.4 is 15.8 Å². The van der Waals surface area contributed by atoms with E-state index in [0.717, 1.165) is 54.4 Å². The fourth-order valence-corrected chi connectivity index (χ4v) is 8.76. The number of nitrogens with two attached hydrogens (primary N) is 1. The van der Waals surface area contributed by atoms with E-state index in [9.17, 15) is 24.0 Å². The van der Waals surface area contributed by atoms with Crippen molar-refractivity contribution >= 4 is 58.1 Å². The number of anilines is 1. The maximum absolute atomic E-state index is 15.0. The quantitative estimate of drug-likeness (QED) is 0.0773. The molecule has 1 unspecified atom stereocenters. The summed E-state index contributed by atoms with van der Waals surface area (Å²) < 4.78 is 22.9. The minimum atomic E-state index is -1.11. The van der Waals surface area contributed by atoms with Gasteiger partial charge in [-0.3, -0.25) is 34.2 Å². The highest BCUT2D eigenvalue weighted by Crippen LogP contribution is 2.36. The van der Waals surface area contributed by atoms with Gasteiger partial charge in [0.25, 0.3) is 11.8 Å². The number of nitrogen functional groups attached to an aromatic ring is 1. The fraction of sp³-hybridized carbons (Fsp3) is 0.333. The number of aromatic nitrogens is 4. The third-order valence-electron chi connectivity index (χ3n) is 10.8. The molecular formula is C42H41FN8O6S. The highest BCUT2D eigenvalue weighted by atomic mass is 32.2. The Morgan fingerprint density at radius 2 is 1.66 bits per heavy atom. The number of imide groups is 2. The first-order chi connectivity index (χ1) is 28.2. The van der Waals surface area contributed by atoms with Gasteiger partial charge < -0.3 is 15.4 Å². The molecule has 5 aromatic rings. The Morgan fingerprint density at radius 1 is 0.914 bits per heavy atom. The standard InChI is InChI=1S/C42H41FN8O6S/c43-31-21-29-30(42(56)50(41(29)55)32-17-18-34(52)47-40(32)54)22-33(31)58-20-7-2-1-6-12-35(53)49-19-8-9-26(23-49)51-39-36(38(44)45-24-46-39)37(48-51)25-13-15-28(16-14-25)57-27-10-4-3-5-11-27/h3-5,10-11,13-16,21-22,24,26,32H,1-2,6-9,12,17-20,23H2,(H2,44,45,46)(H,47,52,54)/t26-,32?/m1/s1. The van der Waals surface area contributed by atoms with Crippen LogP contribution >= 0.6 is 11.8 Å².